The van der Waals surface area contributed by atoms with Crippen LogP contribution in [0.1, 0.15) is 12.0 Å². The molecular weight excluding hydrogens is 225 g/mol. The first-order valence-electron chi connectivity index (χ1n) is 5.33. The third-order valence-corrected chi connectivity index (χ3v) is 3.37. The fourth-order valence-electron chi connectivity index (χ4n) is 1.41. The monoisotopic (exact) mass is 243 g/mol. The molecule has 90 valence electrons. The topological polar surface area (TPSA) is 21.3 Å². The lowest BCUT2D eigenvalue weighted by molar-refractivity contribution is 0.200. The van der Waals surface area contributed by atoms with Crippen molar-refractivity contribution in [1.82, 2.24) is 5.32 Å². The highest BCUT2D eigenvalue weighted by Crippen LogP contribution is 2.25. The van der Waals surface area contributed by atoms with Crippen LogP contribution in [0.15, 0.2) is 23.1 Å². The lowest BCUT2D eigenvalue weighted by atomic mass is 10.2. The Morgan fingerprint density at radius 1 is 1.44 bits per heavy atom. The maximum Gasteiger partial charge on any atom is 0.128 e. The summed E-state index contributed by atoms with van der Waals surface area (Å²) < 4.78 is 18.5. The van der Waals surface area contributed by atoms with Gasteiger partial charge in [0.1, 0.15) is 5.82 Å². The smallest absolute Gasteiger partial charge is 0.128 e. The van der Waals surface area contributed by atoms with Crippen LogP contribution in [0.3, 0.4) is 0 Å². The van der Waals surface area contributed by atoms with Crippen molar-refractivity contribution in [1.29, 1.82) is 0 Å². The lowest BCUT2D eigenvalue weighted by Crippen LogP contribution is -2.08. The number of thioether (sulfide) groups is 1. The Morgan fingerprint density at radius 2 is 2.25 bits per heavy atom. The summed E-state index contributed by atoms with van der Waals surface area (Å²) in [4.78, 5) is 1.02. The van der Waals surface area contributed by atoms with Crippen LogP contribution < -0.4 is 5.32 Å². The lowest BCUT2D eigenvalue weighted by Gasteiger charge is -2.09. The molecule has 1 rings (SSSR count). The Kier molecular flexibility index (Phi) is 6.45. The van der Waals surface area contributed by atoms with Gasteiger partial charge in [-0.3, -0.25) is 0 Å². The van der Waals surface area contributed by atoms with Crippen LogP contribution in [0.4, 0.5) is 4.39 Å². The maximum atomic E-state index is 13.5. The second-order valence-electron chi connectivity index (χ2n) is 3.44. The summed E-state index contributed by atoms with van der Waals surface area (Å²) in [6.07, 6.45) is 0.983. The average Bonchev–Trinajstić information content (AvgIpc) is 2.29. The minimum atomic E-state index is -0.133. The van der Waals surface area contributed by atoms with Gasteiger partial charge in [0.2, 0.25) is 0 Å². The van der Waals surface area contributed by atoms with Gasteiger partial charge in [-0.05, 0) is 25.6 Å². The van der Waals surface area contributed by atoms with E-state index in [4.69, 9.17) is 4.74 Å². The Hall–Kier alpha value is -0.580. The Labute approximate surface area is 101 Å². The summed E-state index contributed by atoms with van der Waals surface area (Å²) in [5.74, 6) is 0.819. The zero-order chi connectivity index (χ0) is 11.8. The van der Waals surface area contributed by atoms with Crippen molar-refractivity contribution < 1.29 is 9.13 Å². The van der Waals surface area contributed by atoms with Gasteiger partial charge in [-0.15, -0.1) is 11.8 Å². The first-order valence-corrected chi connectivity index (χ1v) is 6.32. The van der Waals surface area contributed by atoms with Crippen LogP contribution in [0.25, 0.3) is 0 Å². The quantitative estimate of drug-likeness (QED) is 0.587. The van der Waals surface area contributed by atoms with Crippen LogP contribution in [-0.4, -0.2) is 26.5 Å². The van der Waals surface area contributed by atoms with Gasteiger partial charge in [-0.2, -0.15) is 0 Å². The summed E-state index contributed by atoms with van der Waals surface area (Å²) in [6.45, 7) is 1.32. The molecule has 1 aromatic carbocycles. The molecule has 0 saturated heterocycles. The van der Waals surface area contributed by atoms with Gasteiger partial charge in [-0.1, -0.05) is 6.07 Å². The highest BCUT2D eigenvalue weighted by Gasteiger charge is 2.07. The van der Waals surface area contributed by atoms with Crippen molar-refractivity contribution in [3.05, 3.63) is 29.6 Å². The van der Waals surface area contributed by atoms with E-state index in [0.29, 0.717) is 6.54 Å². The highest BCUT2D eigenvalue weighted by molar-refractivity contribution is 7.99. The molecule has 0 fully saturated rings. The van der Waals surface area contributed by atoms with E-state index < -0.39 is 0 Å². The van der Waals surface area contributed by atoms with Gasteiger partial charge in [0, 0.05) is 36.5 Å². The van der Waals surface area contributed by atoms with Gasteiger partial charge < -0.3 is 10.1 Å². The van der Waals surface area contributed by atoms with Crippen molar-refractivity contribution in [3.8, 4) is 0 Å². The highest BCUT2D eigenvalue weighted by atomic mass is 32.2. The van der Waals surface area contributed by atoms with E-state index in [-0.39, 0.29) is 5.82 Å². The van der Waals surface area contributed by atoms with Crippen LogP contribution in [-0.2, 0) is 11.3 Å². The molecule has 0 bridgehead atoms. The van der Waals surface area contributed by atoms with Gasteiger partial charge >= 0.3 is 0 Å². The van der Waals surface area contributed by atoms with Crippen LogP contribution in [0.2, 0.25) is 0 Å². The predicted molar refractivity (Wildman–Crippen MR) is 66.4 cm³/mol. The van der Waals surface area contributed by atoms with Crippen molar-refractivity contribution in [3.63, 3.8) is 0 Å². The number of hydrogen-bond donors (Lipinski definition) is 1. The number of halogens is 1. The molecule has 0 aliphatic heterocycles. The molecular formula is C12H18FNOS. The minimum absolute atomic E-state index is 0.133. The zero-order valence-corrected chi connectivity index (χ0v) is 10.6. The third kappa shape index (κ3) is 4.12. The third-order valence-electron chi connectivity index (χ3n) is 2.18. The second kappa shape index (κ2) is 7.65. The second-order valence-corrected chi connectivity index (χ2v) is 4.58. The van der Waals surface area contributed by atoms with Gasteiger partial charge in [0.15, 0.2) is 0 Å². The average molecular weight is 243 g/mol. The first kappa shape index (κ1) is 13.5. The van der Waals surface area contributed by atoms with E-state index in [9.17, 15) is 4.39 Å². The normalized spacial score (nSPS) is 10.7. The number of nitrogens with one attached hydrogen (secondary N) is 1. The van der Waals surface area contributed by atoms with E-state index in [1.807, 2.05) is 13.1 Å². The van der Waals surface area contributed by atoms with E-state index in [1.165, 1.54) is 6.07 Å². The summed E-state index contributed by atoms with van der Waals surface area (Å²) in [5, 5.41) is 2.99. The Bertz CT molecular complexity index is 320. The molecule has 0 saturated carbocycles. The van der Waals surface area contributed by atoms with Gasteiger partial charge in [0.25, 0.3) is 0 Å². The molecule has 0 heterocycles. The first-order chi connectivity index (χ1) is 7.79. The molecule has 0 unspecified atom stereocenters. The summed E-state index contributed by atoms with van der Waals surface area (Å²) >= 11 is 1.68. The van der Waals surface area contributed by atoms with Crippen LogP contribution >= 0.6 is 11.8 Å². The fourth-order valence-corrected chi connectivity index (χ4v) is 2.41. The molecule has 0 aromatic heterocycles. The van der Waals surface area contributed by atoms with Crippen LogP contribution in [0, 0.1) is 5.82 Å². The summed E-state index contributed by atoms with van der Waals surface area (Å²) in [6, 6.07) is 5.23. The number of ether oxygens (including phenoxy) is 1. The minimum Gasteiger partial charge on any atom is -0.385 e. The number of rotatable bonds is 7. The van der Waals surface area contributed by atoms with E-state index in [2.05, 4.69) is 5.32 Å². The van der Waals surface area contributed by atoms with E-state index in [0.717, 1.165) is 29.2 Å². The molecule has 0 radical (unpaired) electrons. The molecule has 0 amide bonds. The number of benzene rings is 1. The van der Waals surface area contributed by atoms with E-state index in [1.54, 1.807) is 24.9 Å². The zero-order valence-electron chi connectivity index (χ0n) is 9.75. The van der Waals surface area contributed by atoms with Crippen molar-refractivity contribution in [2.45, 2.75) is 17.9 Å². The molecule has 16 heavy (non-hydrogen) atoms. The molecule has 4 heteroatoms. The molecule has 0 aliphatic carbocycles. The summed E-state index contributed by atoms with van der Waals surface area (Å²) in [5.41, 5.74) is 0.757. The summed E-state index contributed by atoms with van der Waals surface area (Å²) in [7, 11) is 3.52. The van der Waals surface area contributed by atoms with Crippen molar-refractivity contribution in [2.24, 2.45) is 0 Å². The molecule has 2 nitrogen and oxygen atoms in total. The number of methoxy groups -OCH3 is 1. The molecule has 0 atom stereocenters. The van der Waals surface area contributed by atoms with Crippen molar-refractivity contribution >= 4 is 11.8 Å². The van der Waals surface area contributed by atoms with Gasteiger partial charge in [-0.25, -0.2) is 4.39 Å². The fraction of sp³-hybridized carbons (Fsp3) is 0.500. The molecule has 0 aliphatic rings. The Morgan fingerprint density at radius 3 is 2.94 bits per heavy atom. The van der Waals surface area contributed by atoms with Gasteiger partial charge in [0.05, 0.1) is 0 Å². The molecule has 1 aromatic rings. The standard InChI is InChI=1S/C12H18FNOS/c1-14-9-10-11(13)5-3-6-12(10)16-8-4-7-15-2/h3,5-6,14H,4,7-9H2,1-2H3. The predicted octanol–water partition coefficient (Wildman–Crippen LogP) is 2.67. The Balaban J connectivity index is 2.59. The molecule has 0 spiro atoms. The van der Waals surface area contributed by atoms with E-state index >= 15 is 0 Å². The largest absolute Gasteiger partial charge is 0.385 e. The SMILES string of the molecule is CNCc1c(F)cccc1SCCCOC. The van der Waals surface area contributed by atoms with Crippen molar-refractivity contribution in [2.75, 3.05) is 26.5 Å². The van der Waals surface area contributed by atoms with Crippen LogP contribution in [0.5, 0.6) is 0 Å². The molecule has 1 N–H and O–H groups in total. The maximum absolute atomic E-state index is 13.5. The number of hydrogen-bond acceptors (Lipinski definition) is 3.